The predicted molar refractivity (Wildman–Crippen MR) is 63.2 cm³/mol. The van der Waals surface area contributed by atoms with Gasteiger partial charge in [0.25, 0.3) is 0 Å². The maximum absolute atomic E-state index is 11.7. The number of rotatable bonds is 5. The van der Waals surface area contributed by atoms with Crippen molar-refractivity contribution in [2.75, 3.05) is 13.1 Å². The number of hydrogen-bond donors (Lipinski definition) is 1. The summed E-state index contributed by atoms with van der Waals surface area (Å²) >= 11 is 1.74. The monoisotopic (exact) mass is 223 g/mol. The van der Waals surface area contributed by atoms with Gasteiger partial charge in [-0.25, -0.2) is 0 Å². The van der Waals surface area contributed by atoms with Gasteiger partial charge in [0.15, 0.2) is 0 Å². The maximum Gasteiger partial charge on any atom is 0.133 e. The van der Waals surface area contributed by atoms with Crippen LogP contribution in [0.2, 0.25) is 0 Å². The molecule has 1 fully saturated rings. The summed E-state index contributed by atoms with van der Waals surface area (Å²) in [5.74, 6) is 1.03. The molecule has 0 bridgehead atoms. The first-order chi connectivity index (χ1) is 7.34. The van der Waals surface area contributed by atoms with Crippen LogP contribution >= 0.6 is 11.3 Å². The molecule has 1 unspecified atom stereocenters. The van der Waals surface area contributed by atoms with Crippen molar-refractivity contribution in [3.63, 3.8) is 0 Å². The zero-order valence-corrected chi connectivity index (χ0v) is 9.69. The summed E-state index contributed by atoms with van der Waals surface area (Å²) < 4.78 is 0. The highest BCUT2D eigenvalue weighted by Crippen LogP contribution is 2.16. The fraction of sp³-hybridized carbons (Fsp3) is 0.583. The van der Waals surface area contributed by atoms with Crippen LogP contribution < -0.4 is 5.32 Å². The molecule has 0 saturated carbocycles. The fourth-order valence-electron chi connectivity index (χ4n) is 2.03. The molecule has 3 heteroatoms. The molecule has 1 aromatic rings. The van der Waals surface area contributed by atoms with E-state index in [0.717, 1.165) is 32.4 Å². The zero-order chi connectivity index (χ0) is 10.5. The van der Waals surface area contributed by atoms with E-state index in [0.29, 0.717) is 11.7 Å². The van der Waals surface area contributed by atoms with Crippen LogP contribution in [0.25, 0.3) is 0 Å². The van der Waals surface area contributed by atoms with Crippen LogP contribution in [0.4, 0.5) is 0 Å². The molecule has 0 aromatic carbocycles. The number of ketones is 1. The highest BCUT2D eigenvalue weighted by atomic mass is 32.1. The molecule has 1 saturated heterocycles. The van der Waals surface area contributed by atoms with Crippen LogP contribution in [-0.2, 0) is 11.2 Å². The van der Waals surface area contributed by atoms with Gasteiger partial charge in [-0.3, -0.25) is 4.79 Å². The highest BCUT2D eigenvalue weighted by molar-refractivity contribution is 7.09. The lowest BCUT2D eigenvalue weighted by molar-refractivity contribution is -0.119. The Bertz CT molecular complexity index is 301. The molecule has 0 aliphatic carbocycles. The van der Waals surface area contributed by atoms with Gasteiger partial charge >= 0.3 is 0 Å². The van der Waals surface area contributed by atoms with Crippen LogP contribution in [0, 0.1) is 5.92 Å². The second-order valence-corrected chi connectivity index (χ2v) is 5.21. The second-order valence-electron chi connectivity index (χ2n) is 4.18. The summed E-state index contributed by atoms with van der Waals surface area (Å²) in [7, 11) is 0. The van der Waals surface area contributed by atoms with Crippen molar-refractivity contribution in [1.29, 1.82) is 0 Å². The quantitative estimate of drug-likeness (QED) is 0.829. The summed E-state index contributed by atoms with van der Waals surface area (Å²) in [4.78, 5) is 13.0. The Morgan fingerprint density at radius 1 is 1.60 bits per heavy atom. The van der Waals surface area contributed by atoms with E-state index in [1.165, 1.54) is 11.3 Å². The Morgan fingerprint density at radius 3 is 3.20 bits per heavy atom. The average molecular weight is 223 g/mol. The van der Waals surface area contributed by atoms with Gasteiger partial charge in [0.05, 0.1) is 0 Å². The first kappa shape index (κ1) is 10.8. The van der Waals surface area contributed by atoms with Gasteiger partial charge in [0.1, 0.15) is 5.78 Å². The fourth-order valence-corrected chi connectivity index (χ4v) is 2.74. The Morgan fingerprint density at radius 2 is 2.53 bits per heavy atom. The molecule has 15 heavy (non-hydrogen) atoms. The number of aryl methyl sites for hydroxylation is 1. The molecule has 2 rings (SSSR count). The van der Waals surface area contributed by atoms with Crippen molar-refractivity contribution in [3.8, 4) is 0 Å². The largest absolute Gasteiger partial charge is 0.316 e. The number of carbonyl (C=O) groups excluding carboxylic acids is 1. The van der Waals surface area contributed by atoms with Gasteiger partial charge < -0.3 is 5.32 Å². The predicted octanol–water partition coefficient (Wildman–Crippen LogP) is 2.25. The molecule has 0 radical (unpaired) electrons. The number of hydrogen-bond acceptors (Lipinski definition) is 3. The van der Waals surface area contributed by atoms with Gasteiger partial charge in [-0.15, -0.1) is 11.3 Å². The molecule has 1 aromatic heterocycles. The number of Topliss-reactive ketones (excluding diaryl/α,β-unsaturated/α-hetero) is 1. The minimum atomic E-state index is 0.428. The lowest BCUT2D eigenvalue weighted by Crippen LogP contribution is -2.12. The normalized spacial score (nSPS) is 20.7. The van der Waals surface area contributed by atoms with E-state index in [1.807, 2.05) is 6.07 Å². The molecule has 0 amide bonds. The summed E-state index contributed by atoms with van der Waals surface area (Å²) in [6.45, 7) is 2.12. The van der Waals surface area contributed by atoms with Crippen LogP contribution in [0.3, 0.4) is 0 Å². The van der Waals surface area contributed by atoms with Gasteiger partial charge in [-0.2, -0.15) is 0 Å². The van der Waals surface area contributed by atoms with Gasteiger partial charge in [-0.1, -0.05) is 6.07 Å². The Balaban J connectivity index is 1.68. The van der Waals surface area contributed by atoms with Gasteiger partial charge in [-0.05, 0) is 43.3 Å². The third kappa shape index (κ3) is 3.43. The van der Waals surface area contributed by atoms with Crippen molar-refractivity contribution in [3.05, 3.63) is 22.4 Å². The molecular formula is C12H17NOS. The molecular weight excluding hydrogens is 206 g/mol. The summed E-state index contributed by atoms with van der Waals surface area (Å²) in [5.41, 5.74) is 0. The van der Waals surface area contributed by atoms with Crippen LogP contribution in [0.5, 0.6) is 0 Å². The van der Waals surface area contributed by atoms with Crippen molar-refractivity contribution in [1.82, 2.24) is 5.32 Å². The lowest BCUT2D eigenvalue weighted by atomic mass is 9.99. The minimum absolute atomic E-state index is 0.428. The third-order valence-electron chi connectivity index (χ3n) is 2.91. The molecule has 1 aliphatic rings. The van der Waals surface area contributed by atoms with Crippen LogP contribution in [-0.4, -0.2) is 18.9 Å². The van der Waals surface area contributed by atoms with Gasteiger partial charge in [0, 0.05) is 17.7 Å². The topological polar surface area (TPSA) is 29.1 Å². The number of nitrogens with one attached hydrogen (secondary N) is 1. The smallest absolute Gasteiger partial charge is 0.133 e. The Hall–Kier alpha value is -0.670. The summed E-state index contributed by atoms with van der Waals surface area (Å²) in [5, 5.41) is 5.37. The summed E-state index contributed by atoms with van der Waals surface area (Å²) in [6.07, 6.45) is 3.59. The number of carbonyl (C=O) groups is 1. The Labute approximate surface area is 94.7 Å². The molecule has 2 nitrogen and oxygen atoms in total. The van der Waals surface area contributed by atoms with E-state index in [9.17, 15) is 4.79 Å². The van der Waals surface area contributed by atoms with E-state index >= 15 is 0 Å². The molecule has 1 N–H and O–H groups in total. The maximum atomic E-state index is 11.7. The third-order valence-corrected chi connectivity index (χ3v) is 3.85. The van der Waals surface area contributed by atoms with Crippen LogP contribution in [0.15, 0.2) is 17.5 Å². The van der Waals surface area contributed by atoms with E-state index in [2.05, 4.69) is 16.8 Å². The zero-order valence-electron chi connectivity index (χ0n) is 8.87. The SMILES string of the molecule is O=C(CCc1cccs1)CC1CCNC1. The van der Waals surface area contributed by atoms with E-state index in [4.69, 9.17) is 0 Å². The standard InChI is InChI=1S/C12H17NOS/c14-11(8-10-5-6-13-9-10)3-4-12-2-1-7-15-12/h1-2,7,10,13H,3-6,8-9H2. The van der Waals surface area contributed by atoms with Crippen molar-refractivity contribution >= 4 is 17.1 Å². The minimum Gasteiger partial charge on any atom is -0.316 e. The summed E-state index contributed by atoms with van der Waals surface area (Å²) in [6, 6.07) is 4.15. The molecule has 2 heterocycles. The lowest BCUT2D eigenvalue weighted by Gasteiger charge is -2.06. The first-order valence-electron chi connectivity index (χ1n) is 5.59. The Kier molecular flexibility index (Phi) is 3.92. The first-order valence-corrected chi connectivity index (χ1v) is 6.47. The number of thiophene rings is 1. The molecule has 1 aliphatic heterocycles. The highest BCUT2D eigenvalue weighted by Gasteiger charge is 2.17. The molecule has 82 valence electrons. The van der Waals surface area contributed by atoms with E-state index in [1.54, 1.807) is 11.3 Å². The average Bonchev–Trinajstić information content (AvgIpc) is 2.86. The van der Waals surface area contributed by atoms with E-state index in [-0.39, 0.29) is 0 Å². The molecule has 0 spiro atoms. The van der Waals surface area contributed by atoms with Gasteiger partial charge in [0.2, 0.25) is 0 Å². The molecule has 1 atom stereocenters. The second kappa shape index (κ2) is 5.42. The van der Waals surface area contributed by atoms with E-state index < -0.39 is 0 Å². The van der Waals surface area contributed by atoms with Crippen molar-refractivity contribution < 1.29 is 4.79 Å². The van der Waals surface area contributed by atoms with Crippen molar-refractivity contribution in [2.24, 2.45) is 5.92 Å². The van der Waals surface area contributed by atoms with Crippen molar-refractivity contribution in [2.45, 2.75) is 25.7 Å². The van der Waals surface area contributed by atoms with Crippen LogP contribution in [0.1, 0.15) is 24.1 Å².